The Labute approximate surface area is 148 Å². The molecule has 3 aromatic rings. The van der Waals surface area contributed by atoms with Crippen molar-refractivity contribution in [3.63, 3.8) is 0 Å². The molecule has 3 nitrogen and oxygen atoms in total. The Morgan fingerprint density at radius 1 is 0.880 bits per heavy atom. The lowest BCUT2D eigenvalue weighted by molar-refractivity contribution is 0.235. The Hall–Kier alpha value is -2.78. The van der Waals surface area contributed by atoms with Crippen LogP contribution in [0.2, 0.25) is 0 Å². The molecule has 25 heavy (non-hydrogen) atoms. The van der Waals surface area contributed by atoms with Crippen LogP contribution in [0.25, 0.3) is 0 Å². The summed E-state index contributed by atoms with van der Waals surface area (Å²) in [4.78, 5) is 2.41. The van der Waals surface area contributed by atoms with Crippen molar-refractivity contribution in [1.82, 2.24) is 4.90 Å². The molecule has 0 bridgehead atoms. The molecule has 0 aromatic heterocycles. The van der Waals surface area contributed by atoms with Gasteiger partial charge in [-0.3, -0.25) is 4.90 Å². The van der Waals surface area contributed by atoms with Gasteiger partial charge in [-0.1, -0.05) is 48.0 Å². The molecule has 0 aliphatic carbocycles. The molecule has 0 unspecified atom stereocenters. The Morgan fingerprint density at radius 3 is 2.44 bits per heavy atom. The number of phenols is 1. The molecule has 126 valence electrons. The second-order valence-corrected chi connectivity index (χ2v) is 6.63. The minimum absolute atomic E-state index is 0.302. The summed E-state index contributed by atoms with van der Waals surface area (Å²) in [6.07, 6.45) is 0. The van der Waals surface area contributed by atoms with Gasteiger partial charge in [0.2, 0.25) is 0 Å². The molecule has 1 aliphatic rings. The first-order chi connectivity index (χ1) is 12.2. The fourth-order valence-corrected chi connectivity index (χ4v) is 3.29. The number of aromatic hydroxyl groups is 1. The summed E-state index contributed by atoms with van der Waals surface area (Å²) in [5, 5.41) is 9.51. The maximum atomic E-state index is 9.51. The summed E-state index contributed by atoms with van der Waals surface area (Å²) in [5.74, 6) is 2.15. The van der Waals surface area contributed by atoms with Crippen LogP contribution in [0.4, 0.5) is 0 Å². The van der Waals surface area contributed by atoms with Crippen molar-refractivity contribution in [3.05, 3.63) is 89.0 Å². The van der Waals surface area contributed by atoms with E-state index in [1.165, 1.54) is 22.3 Å². The van der Waals surface area contributed by atoms with Gasteiger partial charge in [0, 0.05) is 30.8 Å². The van der Waals surface area contributed by atoms with Crippen LogP contribution in [0, 0.1) is 6.92 Å². The number of aryl methyl sites for hydroxylation is 1. The van der Waals surface area contributed by atoms with E-state index in [-0.39, 0.29) is 0 Å². The van der Waals surface area contributed by atoms with Gasteiger partial charge in [-0.15, -0.1) is 0 Å². The third kappa shape index (κ3) is 3.52. The Kier molecular flexibility index (Phi) is 4.16. The first-order valence-electron chi connectivity index (χ1n) is 8.53. The van der Waals surface area contributed by atoms with Crippen molar-refractivity contribution in [3.8, 4) is 17.2 Å². The van der Waals surface area contributed by atoms with Crippen LogP contribution in [0.15, 0.2) is 66.7 Å². The zero-order valence-electron chi connectivity index (χ0n) is 14.3. The number of phenolic OH excluding ortho intramolecular Hbond substituents is 1. The average Bonchev–Trinajstić information content (AvgIpc) is 2.59. The molecule has 0 saturated heterocycles. The maximum absolute atomic E-state index is 9.51. The summed E-state index contributed by atoms with van der Waals surface area (Å²) < 4.78 is 6.19. The highest BCUT2D eigenvalue weighted by molar-refractivity contribution is 5.44. The van der Waals surface area contributed by atoms with E-state index in [1.54, 1.807) is 12.1 Å². The molecule has 4 rings (SSSR count). The summed E-state index contributed by atoms with van der Waals surface area (Å²) in [6, 6.07) is 22.0. The van der Waals surface area contributed by atoms with E-state index in [2.05, 4.69) is 42.2 Å². The molecule has 0 atom stereocenters. The molecule has 1 heterocycles. The van der Waals surface area contributed by atoms with Gasteiger partial charge in [-0.25, -0.2) is 0 Å². The van der Waals surface area contributed by atoms with Gasteiger partial charge < -0.3 is 9.84 Å². The summed E-state index contributed by atoms with van der Waals surface area (Å²) >= 11 is 0. The topological polar surface area (TPSA) is 32.7 Å². The number of rotatable bonds is 2. The van der Waals surface area contributed by atoms with Crippen LogP contribution >= 0.6 is 0 Å². The van der Waals surface area contributed by atoms with E-state index < -0.39 is 0 Å². The predicted octanol–water partition coefficient (Wildman–Crippen LogP) is 5.01. The van der Waals surface area contributed by atoms with E-state index in [1.807, 2.05) is 24.3 Å². The van der Waals surface area contributed by atoms with Crippen LogP contribution in [-0.2, 0) is 19.6 Å². The lowest BCUT2D eigenvalue weighted by Crippen LogP contribution is -2.24. The van der Waals surface area contributed by atoms with Gasteiger partial charge >= 0.3 is 0 Å². The highest BCUT2D eigenvalue weighted by atomic mass is 16.5. The van der Waals surface area contributed by atoms with Gasteiger partial charge in [0.1, 0.15) is 17.2 Å². The number of para-hydroxylation sites is 1. The zero-order valence-corrected chi connectivity index (χ0v) is 14.3. The first kappa shape index (κ1) is 15.7. The smallest absolute Gasteiger partial charge is 0.131 e. The standard InChI is InChI=1S/C22H21NO2/c1-16-6-11-22-19(12-16)15-23(13-17-7-9-20(24)10-8-17)14-18-4-2-3-5-21(18)25-22/h2-12,24H,13-15H2,1H3. The molecule has 1 N–H and O–H groups in total. The van der Waals surface area contributed by atoms with Gasteiger partial charge in [-0.05, 0) is 36.8 Å². The van der Waals surface area contributed by atoms with Gasteiger partial charge in [-0.2, -0.15) is 0 Å². The van der Waals surface area contributed by atoms with E-state index in [4.69, 9.17) is 4.74 Å². The highest BCUT2D eigenvalue weighted by Gasteiger charge is 2.18. The number of hydrogen-bond donors (Lipinski definition) is 1. The van der Waals surface area contributed by atoms with E-state index >= 15 is 0 Å². The third-order valence-electron chi connectivity index (χ3n) is 4.54. The quantitative estimate of drug-likeness (QED) is 0.716. The van der Waals surface area contributed by atoms with Crippen molar-refractivity contribution in [2.24, 2.45) is 0 Å². The monoisotopic (exact) mass is 331 g/mol. The summed E-state index contributed by atoms with van der Waals surface area (Å²) in [6.45, 7) is 4.58. The minimum Gasteiger partial charge on any atom is -0.508 e. The summed E-state index contributed by atoms with van der Waals surface area (Å²) in [5.41, 5.74) is 4.81. The second kappa shape index (κ2) is 6.61. The molecule has 3 aromatic carbocycles. The number of benzene rings is 3. The average molecular weight is 331 g/mol. The fourth-order valence-electron chi connectivity index (χ4n) is 3.29. The number of hydrogen-bond acceptors (Lipinski definition) is 3. The predicted molar refractivity (Wildman–Crippen MR) is 98.8 cm³/mol. The normalized spacial score (nSPS) is 14.0. The fraction of sp³-hybridized carbons (Fsp3) is 0.182. The van der Waals surface area contributed by atoms with Crippen molar-refractivity contribution < 1.29 is 9.84 Å². The highest BCUT2D eigenvalue weighted by Crippen LogP contribution is 2.33. The Bertz CT molecular complexity index is 887. The van der Waals surface area contributed by atoms with E-state index in [9.17, 15) is 5.11 Å². The number of ether oxygens (including phenoxy) is 1. The van der Waals surface area contributed by atoms with E-state index in [0.29, 0.717) is 5.75 Å². The van der Waals surface area contributed by atoms with Crippen LogP contribution in [0.5, 0.6) is 17.2 Å². The van der Waals surface area contributed by atoms with Crippen LogP contribution in [-0.4, -0.2) is 10.0 Å². The van der Waals surface area contributed by atoms with Gasteiger partial charge in [0.25, 0.3) is 0 Å². The van der Waals surface area contributed by atoms with E-state index in [0.717, 1.165) is 31.1 Å². The SMILES string of the molecule is Cc1ccc2c(c1)CN(Cc1ccc(O)cc1)Cc1ccccc1O2. The third-order valence-corrected chi connectivity index (χ3v) is 4.54. The van der Waals surface area contributed by atoms with Crippen LogP contribution in [0.3, 0.4) is 0 Å². The molecule has 0 spiro atoms. The second-order valence-electron chi connectivity index (χ2n) is 6.63. The van der Waals surface area contributed by atoms with Crippen molar-refractivity contribution in [2.45, 2.75) is 26.6 Å². The lowest BCUT2D eigenvalue weighted by atomic mass is 10.1. The molecular weight excluding hydrogens is 310 g/mol. The number of fused-ring (bicyclic) bond motifs is 2. The largest absolute Gasteiger partial charge is 0.508 e. The zero-order chi connectivity index (χ0) is 17.2. The molecule has 0 radical (unpaired) electrons. The Morgan fingerprint density at radius 2 is 1.60 bits per heavy atom. The van der Waals surface area contributed by atoms with Gasteiger partial charge in [0.05, 0.1) is 0 Å². The van der Waals surface area contributed by atoms with Crippen LogP contribution < -0.4 is 4.74 Å². The maximum Gasteiger partial charge on any atom is 0.131 e. The number of nitrogens with zero attached hydrogens (tertiary/aromatic N) is 1. The molecule has 1 aliphatic heterocycles. The Balaban J connectivity index is 1.70. The minimum atomic E-state index is 0.302. The molecular formula is C22H21NO2. The van der Waals surface area contributed by atoms with Gasteiger partial charge in [0.15, 0.2) is 0 Å². The van der Waals surface area contributed by atoms with Crippen molar-refractivity contribution in [1.29, 1.82) is 0 Å². The molecule has 0 fully saturated rings. The van der Waals surface area contributed by atoms with Crippen molar-refractivity contribution in [2.75, 3.05) is 0 Å². The lowest BCUT2D eigenvalue weighted by Gasteiger charge is -2.28. The molecule has 0 saturated carbocycles. The summed E-state index contributed by atoms with van der Waals surface area (Å²) in [7, 11) is 0. The molecule has 3 heteroatoms. The van der Waals surface area contributed by atoms with Crippen molar-refractivity contribution >= 4 is 0 Å². The van der Waals surface area contributed by atoms with Crippen LogP contribution in [0.1, 0.15) is 22.3 Å². The first-order valence-corrected chi connectivity index (χ1v) is 8.53. The molecule has 0 amide bonds.